The van der Waals surface area contributed by atoms with E-state index in [9.17, 15) is 43.5 Å². The number of aliphatic hydroxyl groups is 2. The second kappa shape index (κ2) is 83.4. The van der Waals surface area contributed by atoms with Crippen molar-refractivity contribution in [1.82, 2.24) is 0 Å². The van der Waals surface area contributed by atoms with Crippen LogP contribution in [0, 0.1) is 0 Å². The van der Waals surface area contributed by atoms with Gasteiger partial charge in [-0.05, 0) is 116 Å². The molecule has 0 amide bonds. The van der Waals surface area contributed by atoms with Crippen LogP contribution in [-0.2, 0) is 55.8 Å². The topological polar surface area (TPSA) is 231 Å². The quantitative estimate of drug-likeness (QED) is 0.0146. The summed E-state index contributed by atoms with van der Waals surface area (Å²) in [5, 5.41) is 20.7. The number of allylic oxidation sites excluding steroid dienone is 20. The first kappa shape index (κ1) is 105. The molecule has 18 heteroatoms. The lowest BCUT2D eigenvalue weighted by molar-refractivity contribution is -0.161. The lowest BCUT2D eigenvalue weighted by Crippen LogP contribution is -2.30. The predicted molar refractivity (Wildman–Crippen MR) is 454 cm³/mol. The predicted octanol–water partition coefficient (Wildman–Crippen LogP) is 26.4. The molecule has 4 N–H and O–H groups in total. The van der Waals surface area contributed by atoms with Crippen LogP contribution in [-0.4, -0.2) is 95.9 Å². The largest absolute Gasteiger partial charge is 0.472 e. The Morgan fingerprint density at radius 2 is 0.486 bits per heavy atom. The van der Waals surface area contributed by atoms with E-state index in [0.717, 1.165) is 148 Å². The van der Waals surface area contributed by atoms with Crippen molar-refractivity contribution in [3.05, 3.63) is 122 Å². The maximum absolute atomic E-state index is 13.0. The molecule has 0 aliphatic carbocycles. The number of phosphoric ester groups is 2. The zero-order valence-electron chi connectivity index (χ0n) is 69.2. The van der Waals surface area contributed by atoms with Gasteiger partial charge in [-0.15, -0.1) is 0 Å². The van der Waals surface area contributed by atoms with Crippen molar-refractivity contribution in [2.24, 2.45) is 0 Å². The molecule has 0 fully saturated rings. The molecule has 0 saturated carbocycles. The molecule has 5 atom stereocenters. The monoisotopic (exact) mass is 1570 g/mol. The number of ether oxygens (including phenoxy) is 3. The summed E-state index contributed by atoms with van der Waals surface area (Å²) < 4.78 is 61.3. The average Bonchev–Trinajstić information content (AvgIpc) is 0.902. The van der Waals surface area contributed by atoms with Gasteiger partial charge in [-0.25, -0.2) is 9.13 Å². The average molecular weight is 1570 g/mol. The van der Waals surface area contributed by atoms with Crippen LogP contribution in [0.4, 0.5) is 0 Å². The van der Waals surface area contributed by atoms with Crippen molar-refractivity contribution in [3.63, 3.8) is 0 Å². The van der Waals surface area contributed by atoms with Crippen LogP contribution in [0.25, 0.3) is 0 Å². The molecular formula is C91H160O16P2. The number of unbranched alkanes of at least 4 members (excludes halogenated alkanes) is 40. The van der Waals surface area contributed by atoms with E-state index >= 15 is 0 Å². The molecule has 0 aromatic carbocycles. The number of carbonyl (C=O) groups is 3. The molecule has 16 nitrogen and oxygen atoms in total. The Labute approximate surface area is 665 Å². The molecule has 109 heavy (non-hydrogen) atoms. The third-order valence-electron chi connectivity index (χ3n) is 18.7. The van der Waals surface area contributed by atoms with Crippen LogP contribution in [0.15, 0.2) is 122 Å². The number of hydrogen-bond acceptors (Lipinski definition) is 14. The molecule has 5 unspecified atom stereocenters. The van der Waals surface area contributed by atoms with Gasteiger partial charge in [0.25, 0.3) is 0 Å². The molecule has 0 radical (unpaired) electrons. The van der Waals surface area contributed by atoms with Crippen LogP contribution in [0.5, 0.6) is 0 Å². The van der Waals surface area contributed by atoms with Crippen LogP contribution < -0.4 is 0 Å². The van der Waals surface area contributed by atoms with E-state index in [1.165, 1.54) is 173 Å². The molecule has 0 aromatic rings. The van der Waals surface area contributed by atoms with Gasteiger partial charge in [0.1, 0.15) is 25.4 Å². The fourth-order valence-electron chi connectivity index (χ4n) is 12.0. The normalized spacial score (nSPS) is 14.4. The number of phosphoric acid groups is 2. The summed E-state index contributed by atoms with van der Waals surface area (Å²) in [6, 6.07) is 0. The van der Waals surface area contributed by atoms with Crippen molar-refractivity contribution in [1.29, 1.82) is 0 Å². The molecule has 0 aromatic heterocycles. The number of aliphatic hydroxyl groups excluding tert-OH is 2. The fraction of sp³-hybridized carbons (Fsp3) is 0.747. The SMILES string of the molecule is CC/C=C\C/C=C\C/C=C\C/C=C\C/C=C\C/C=C\CCCCCCCCCCCCCCCCCCC(=O)OCC(O)COP(=O)(O)OCC(O)COP(=O)(O)OCC(COC(=O)CCCCCCCCC/C=C\C/C=C\C/C=C\C/C=C\CCCCC)OC(=O)CCCCCCCCCCCCCCCCC. The first-order valence-corrected chi connectivity index (χ1v) is 46.8. The lowest BCUT2D eigenvalue weighted by atomic mass is 10.0. The summed E-state index contributed by atoms with van der Waals surface area (Å²) in [6.07, 6.45) is 101. The first-order valence-electron chi connectivity index (χ1n) is 43.8. The van der Waals surface area contributed by atoms with Crippen molar-refractivity contribution in [2.45, 2.75) is 399 Å². The smallest absolute Gasteiger partial charge is 0.463 e. The zero-order chi connectivity index (χ0) is 79.4. The van der Waals surface area contributed by atoms with Gasteiger partial charge in [0.05, 0.1) is 26.4 Å². The third kappa shape index (κ3) is 84.7. The molecule has 0 bridgehead atoms. The maximum Gasteiger partial charge on any atom is 0.472 e. The number of carbonyl (C=O) groups excluding carboxylic acids is 3. The molecule has 0 spiro atoms. The highest BCUT2D eigenvalue weighted by atomic mass is 31.2. The molecule has 0 aliphatic rings. The van der Waals surface area contributed by atoms with Crippen molar-refractivity contribution in [2.75, 3.05) is 39.6 Å². The Balaban J connectivity index is 4.43. The zero-order valence-corrected chi connectivity index (χ0v) is 71.0. The highest BCUT2D eigenvalue weighted by Crippen LogP contribution is 2.45. The fourth-order valence-corrected chi connectivity index (χ4v) is 13.6. The first-order chi connectivity index (χ1) is 53.2. The number of rotatable bonds is 83. The second-order valence-corrected chi connectivity index (χ2v) is 32.2. The minimum absolute atomic E-state index is 0.106. The molecule has 0 heterocycles. The standard InChI is InChI=1S/C91H160O16P2/c1-4-7-10-13-16-19-22-25-28-30-32-34-36-37-38-39-40-41-42-43-44-45-46-47-49-51-52-54-57-59-62-65-68-71-74-77-89(94)101-80-86(92)81-103-108(97,98)104-82-87(93)83-105-109(99,100)106-85-88(107-91(96)79-76-73-70-67-64-61-56-27-24-21-18-15-12-9-6-3)84-102-90(95)78-75-72-69-66-63-60-58-55-53-50-48-35-33-31-29-26-23-20-17-14-11-8-5-2/h7,10,16-17,19-20,25-26,28-29,32-35,37-38,40-41,50,53,86-88,92-93H,4-6,8-9,11-15,18,21-24,27,30-31,36,39,42-49,51-52,54-85H2,1-3H3,(H,97,98)(H,99,100)/b10-7-,19-16-,20-17-,28-25-,29-26-,34-32-,35-33-,38-37-,41-40-,53-50-. The van der Waals surface area contributed by atoms with Crippen molar-refractivity contribution in [3.8, 4) is 0 Å². The summed E-state index contributed by atoms with van der Waals surface area (Å²) in [4.78, 5) is 58.8. The highest BCUT2D eigenvalue weighted by Gasteiger charge is 2.29. The Morgan fingerprint density at radius 3 is 0.789 bits per heavy atom. The Morgan fingerprint density at radius 1 is 0.266 bits per heavy atom. The van der Waals surface area contributed by atoms with Gasteiger partial charge in [-0.2, -0.15) is 0 Å². The minimum Gasteiger partial charge on any atom is -0.463 e. The summed E-state index contributed by atoms with van der Waals surface area (Å²) >= 11 is 0. The summed E-state index contributed by atoms with van der Waals surface area (Å²) in [5.41, 5.74) is 0. The van der Waals surface area contributed by atoms with Gasteiger partial charge in [-0.3, -0.25) is 32.5 Å². The van der Waals surface area contributed by atoms with E-state index in [1.807, 2.05) is 0 Å². The summed E-state index contributed by atoms with van der Waals surface area (Å²) in [5.74, 6) is -1.57. The number of hydrogen-bond donors (Lipinski definition) is 4. The molecular weight excluding hydrogens is 1410 g/mol. The van der Waals surface area contributed by atoms with Gasteiger partial charge in [0.15, 0.2) is 6.10 Å². The number of esters is 3. The Hall–Kier alpha value is -4.05. The van der Waals surface area contributed by atoms with Crippen molar-refractivity contribution < 1.29 is 75.8 Å². The Kier molecular flexibility index (Phi) is 80.3. The minimum atomic E-state index is -4.93. The van der Waals surface area contributed by atoms with E-state index in [1.54, 1.807) is 0 Å². The van der Waals surface area contributed by atoms with E-state index in [4.69, 9.17) is 32.3 Å². The van der Waals surface area contributed by atoms with E-state index in [0.29, 0.717) is 19.3 Å². The van der Waals surface area contributed by atoms with Gasteiger partial charge in [0, 0.05) is 19.3 Å². The van der Waals surface area contributed by atoms with Crippen LogP contribution in [0.2, 0.25) is 0 Å². The van der Waals surface area contributed by atoms with Crippen LogP contribution >= 0.6 is 15.6 Å². The van der Waals surface area contributed by atoms with E-state index < -0.39 is 91.5 Å². The Bertz CT molecular complexity index is 2460. The third-order valence-corrected chi connectivity index (χ3v) is 20.6. The molecule has 0 aliphatic heterocycles. The maximum atomic E-state index is 13.0. The van der Waals surface area contributed by atoms with Crippen molar-refractivity contribution >= 4 is 33.6 Å². The van der Waals surface area contributed by atoms with Gasteiger partial charge in [0.2, 0.25) is 0 Å². The second-order valence-electron chi connectivity index (χ2n) is 29.3. The van der Waals surface area contributed by atoms with Gasteiger partial charge >= 0.3 is 33.6 Å². The summed E-state index contributed by atoms with van der Waals surface area (Å²) in [6.45, 7) is 2.59. The highest BCUT2D eigenvalue weighted by molar-refractivity contribution is 7.47. The van der Waals surface area contributed by atoms with E-state index in [2.05, 4.69) is 142 Å². The van der Waals surface area contributed by atoms with Gasteiger partial charge < -0.3 is 34.2 Å². The summed E-state index contributed by atoms with van der Waals surface area (Å²) in [7, 11) is -9.79. The van der Waals surface area contributed by atoms with Gasteiger partial charge in [-0.1, -0.05) is 367 Å². The van der Waals surface area contributed by atoms with E-state index in [-0.39, 0.29) is 19.3 Å². The lowest BCUT2D eigenvalue weighted by Gasteiger charge is -2.21. The van der Waals surface area contributed by atoms with Crippen LogP contribution in [0.3, 0.4) is 0 Å². The molecule has 630 valence electrons. The van der Waals surface area contributed by atoms with Crippen LogP contribution in [0.1, 0.15) is 380 Å². The molecule has 0 rings (SSSR count). The molecule has 0 saturated heterocycles.